The molecule has 2 N–H and O–H groups in total. The lowest BCUT2D eigenvalue weighted by atomic mass is 9.97. The largest absolute Gasteiger partial charge is 0.504 e. The molecule has 0 saturated carbocycles. The van der Waals surface area contributed by atoms with Crippen molar-refractivity contribution in [2.24, 2.45) is 5.10 Å². The number of aryl methyl sites for hydroxylation is 2. The van der Waals surface area contributed by atoms with Gasteiger partial charge in [-0.3, -0.25) is 4.79 Å². The summed E-state index contributed by atoms with van der Waals surface area (Å²) >= 11 is 1.60. The molecule has 1 aromatic carbocycles. The van der Waals surface area contributed by atoms with Crippen LogP contribution < -0.4 is 5.56 Å². The van der Waals surface area contributed by atoms with Crippen LogP contribution in [0.3, 0.4) is 0 Å². The highest BCUT2D eigenvalue weighted by atomic mass is 32.1. The Labute approximate surface area is 141 Å². The summed E-state index contributed by atoms with van der Waals surface area (Å²) in [6.45, 7) is 0. The maximum atomic E-state index is 12.7. The van der Waals surface area contributed by atoms with Crippen molar-refractivity contribution in [2.75, 3.05) is 0 Å². The van der Waals surface area contributed by atoms with E-state index in [1.807, 2.05) is 0 Å². The molecular weight excluding hydrogens is 326 g/mol. The smallest absolute Gasteiger partial charge is 0.282 e. The van der Waals surface area contributed by atoms with E-state index in [-0.39, 0.29) is 17.1 Å². The molecule has 0 radical (unpaired) electrons. The van der Waals surface area contributed by atoms with E-state index in [1.165, 1.54) is 34.2 Å². The Hall–Kier alpha value is -2.67. The van der Waals surface area contributed by atoms with Gasteiger partial charge in [-0.2, -0.15) is 9.78 Å². The van der Waals surface area contributed by atoms with Crippen LogP contribution in [0, 0.1) is 0 Å². The summed E-state index contributed by atoms with van der Waals surface area (Å²) in [7, 11) is 0. The van der Waals surface area contributed by atoms with Crippen molar-refractivity contribution in [1.29, 1.82) is 0 Å². The number of aromatic hydroxyl groups is 2. The van der Waals surface area contributed by atoms with E-state index in [2.05, 4.69) is 10.1 Å². The van der Waals surface area contributed by atoms with Gasteiger partial charge >= 0.3 is 0 Å². The number of phenols is 2. The zero-order valence-electron chi connectivity index (χ0n) is 12.8. The molecular formula is C17H15N3O3S. The van der Waals surface area contributed by atoms with Gasteiger partial charge in [0.2, 0.25) is 0 Å². The third-order valence-corrected chi connectivity index (χ3v) is 5.39. The highest BCUT2D eigenvalue weighted by Gasteiger charge is 2.19. The monoisotopic (exact) mass is 341 g/mol. The number of fused-ring (bicyclic) bond motifs is 3. The van der Waals surface area contributed by atoms with Crippen molar-refractivity contribution < 1.29 is 10.2 Å². The normalized spacial score (nSPS) is 14.3. The maximum absolute atomic E-state index is 12.7. The first kappa shape index (κ1) is 14.9. The molecule has 0 unspecified atom stereocenters. The van der Waals surface area contributed by atoms with Crippen molar-refractivity contribution in [1.82, 2.24) is 9.66 Å². The van der Waals surface area contributed by atoms with Gasteiger partial charge in [-0.15, -0.1) is 11.3 Å². The molecule has 2 heterocycles. The van der Waals surface area contributed by atoms with E-state index in [0.717, 1.165) is 36.1 Å². The molecule has 0 saturated heterocycles. The van der Waals surface area contributed by atoms with Gasteiger partial charge in [0.1, 0.15) is 11.2 Å². The number of nitrogens with zero attached hydrogens (tertiary/aromatic N) is 3. The first-order valence-corrected chi connectivity index (χ1v) is 8.53. The fourth-order valence-corrected chi connectivity index (χ4v) is 4.19. The standard InChI is InChI=1S/C17H15N3O3S/c21-12-6-5-10(7-13(12)22)8-19-20-9-18-16-15(17(20)23)11-3-1-2-4-14(11)24-16/h5-9,21-22H,1-4H2. The first-order chi connectivity index (χ1) is 11.6. The Morgan fingerprint density at radius 3 is 2.88 bits per heavy atom. The molecule has 3 aromatic rings. The van der Waals surface area contributed by atoms with E-state index >= 15 is 0 Å². The lowest BCUT2D eigenvalue weighted by Crippen LogP contribution is -2.18. The van der Waals surface area contributed by atoms with Crippen LogP contribution in [0.25, 0.3) is 10.2 Å². The summed E-state index contributed by atoms with van der Waals surface area (Å²) in [4.78, 5) is 19.1. The molecule has 0 bridgehead atoms. The molecule has 0 aliphatic heterocycles. The van der Waals surface area contributed by atoms with Gasteiger partial charge in [-0.1, -0.05) is 0 Å². The minimum Gasteiger partial charge on any atom is -0.504 e. The second kappa shape index (κ2) is 5.76. The Morgan fingerprint density at radius 2 is 2.04 bits per heavy atom. The lowest BCUT2D eigenvalue weighted by Gasteiger charge is -2.09. The highest BCUT2D eigenvalue weighted by Crippen LogP contribution is 2.33. The minimum atomic E-state index is -0.230. The molecule has 6 nitrogen and oxygen atoms in total. The summed E-state index contributed by atoms with van der Waals surface area (Å²) in [5.41, 5.74) is 1.54. The summed E-state index contributed by atoms with van der Waals surface area (Å²) in [6, 6.07) is 4.35. The quantitative estimate of drug-likeness (QED) is 0.554. The topological polar surface area (TPSA) is 87.7 Å². The summed E-state index contributed by atoms with van der Waals surface area (Å²) in [5.74, 6) is -0.427. The minimum absolute atomic E-state index is 0.168. The summed E-state index contributed by atoms with van der Waals surface area (Å²) in [6.07, 6.45) is 7.08. The van der Waals surface area contributed by atoms with Gasteiger partial charge in [0.25, 0.3) is 5.56 Å². The van der Waals surface area contributed by atoms with Gasteiger partial charge in [-0.25, -0.2) is 4.98 Å². The highest BCUT2D eigenvalue weighted by molar-refractivity contribution is 7.18. The van der Waals surface area contributed by atoms with Crippen molar-refractivity contribution in [3.05, 3.63) is 50.9 Å². The average molecular weight is 341 g/mol. The zero-order valence-corrected chi connectivity index (χ0v) is 13.6. The number of benzene rings is 1. The van der Waals surface area contributed by atoms with Crippen LogP contribution in [0.15, 0.2) is 34.4 Å². The van der Waals surface area contributed by atoms with E-state index in [4.69, 9.17) is 0 Å². The molecule has 1 aliphatic rings. The number of hydrogen-bond acceptors (Lipinski definition) is 6. The van der Waals surface area contributed by atoms with Crippen LogP contribution >= 0.6 is 11.3 Å². The number of hydrogen-bond donors (Lipinski definition) is 2. The van der Waals surface area contributed by atoms with Gasteiger partial charge < -0.3 is 10.2 Å². The fraction of sp³-hybridized carbons (Fsp3) is 0.235. The van der Waals surface area contributed by atoms with Crippen LogP contribution in [-0.2, 0) is 12.8 Å². The maximum Gasteiger partial charge on any atom is 0.282 e. The summed E-state index contributed by atoms with van der Waals surface area (Å²) < 4.78 is 1.22. The third-order valence-electron chi connectivity index (χ3n) is 4.19. The SMILES string of the molecule is O=c1c2c3c(sc2ncn1N=Cc1ccc(O)c(O)c1)CCCC3. The molecule has 24 heavy (non-hydrogen) atoms. The Morgan fingerprint density at radius 1 is 1.21 bits per heavy atom. The van der Waals surface area contributed by atoms with Crippen LogP contribution in [0.1, 0.15) is 28.8 Å². The van der Waals surface area contributed by atoms with Crippen LogP contribution in [0.5, 0.6) is 11.5 Å². The third kappa shape index (κ3) is 2.46. The predicted octanol–water partition coefficient (Wildman–Crippen LogP) is 2.63. The van der Waals surface area contributed by atoms with Crippen LogP contribution in [0.4, 0.5) is 0 Å². The molecule has 2 aromatic heterocycles. The molecule has 122 valence electrons. The number of rotatable bonds is 2. The molecule has 4 rings (SSSR count). The average Bonchev–Trinajstić information content (AvgIpc) is 2.96. The number of aromatic nitrogens is 2. The van der Waals surface area contributed by atoms with Gasteiger partial charge in [0, 0.05) is 4.88 Å². The van der Waals surface area contributed by atoms with Crippen molar-refractivity contribution in [3.63, 3.8) is 0 Å². The van der Waals surface area contributed by atoms with E-state index in [1.54, 1.807) is 17.4 Å². The van der Waals surface area contributed by atoms with Crippen molar-refractivity contribution in [2.45, 2.75) is 25.7 Å². The Bertz CT molecular complexity index is 1020. The Balaban J connectivity index is 1.77. The van der Waals surface area contributed by atoms with Crippen LogP contribution in [-0.4, -0.2) is 26.1 Å². The Kier molecular flexibility index (Phi) is 3.57. The molecule has 1 aliphatic carbocycles. The van der Waals surface area contributed by atoms with Crippen molar-refractivity contribution >= 4 is 27.8 Å². The van der Waals surface area contributed by atoms with Crippen LogP contribution in [0.2, 0.25) is 0 Å². The first-order valence-electron chi connectivity index (χ1n) is 7.72. The molecule has 0 atom stereocenters. The number of thiophene rings is 1. The van der Waals surface area contributed by atoms with E-state index in [0.29, 0.717) is 10.9 Å². The van der Waals surface area contributed by atoms with E-state index in [9.17, 15) is 15.0 Å². The second-order valence-corrected chi connectivity index (χ2v) is 6.86. The molecule has 0 spiro atoms. The molecule has 7 heteroatoms. The van der Waals surface area contributed by atoms with Crippen molar-refractivity contribution in [3.8, 4) is 11.5 Å². The van der Waals surface area contributed by atoms with Gasteiger partial charge in [-0.05, 0) is 55.0 Å². The predicted molar refractivity (Wildman–Crippen MR) is 93.3 cm³/mol. The van der Waals surface area contributed by atoms with Gasteiger partial charge in [0.05, 0.1) is 11.6 Å². The van der Waals surface area contributed by atoms with E-state index < -0.39 is 0 Å². The zero-order chi connectivity index (χ0) is 16.7. The van der Waals surface area contributed by atoms with Gasteiger partial charge in [0.15, 0.2) is 11.5 Å². The second-order valence-electron chi connectivity index (χ2n) is 5.78. The number of phenolic OH excluding ortho intramolecular Hbond substituents is 2. The molecule has 0 fully saturated rings. The lowest BCUT2D eigenvalue weighted by molar-refractivity contribution is 0.403. The summed E-state index contributed by atoms with van der Waals surface area (Å²) in [5, 5.41) is 23.7. The fourth-order valence-electron chi connectivity index (χ4n) is 2.97. The molecule has 0 amide bonds.